The molecule has 0 aliphatic carbocycles. The van der Waals surface area contributed by atoms with Gasteiger partial charge in [-0.15, -0.1) is 0 Å². The number of unbranched alkanes of at least 4 members (excludes halogenated alkanes) is 1. The summed E-state index contributed by atoms with van der Waals surface area (Å²) in [4.78, 5) is 1.64. The minimum Gasteiger partial charge on any atom is -0.327 e. The first-order valence-electron chi connectivity index (χ1n) is 19.2. The van der Waals surface area contributed by atoms with E-state index in [-0.39, 0.29) is 0 Å². The normalized spacial score (nSPS) is 12.4. The van der Waals surface area contributed by atoms with Gasteiger partial charge in [0, 0.05) is 22.3 Å². The lowest BCUT2D eigenvalue weighted by molar-refractivity contribution is -0.927. The highest BCUT2D eigenvalue weighted by Gasteiger charge is 2.30. The molecule has 0 saturated carbocycles. The van der Waals surface area contributed by atoms with Crippen LogP contribution in [0.25, 0.3) is 76.5 Å². The molecule has 1 N–H and O–H groups in total. The van der Waals surface area contributed by atoms with Crippen LogP contribution in [0.2, 0.25) is 0 Å². The number of hydrogen-bond donors (Lipinski definition) is 1. The van der Waals surface area contributed by atoms with Crippen LogP contribution in [-0.4, -0.2) is 6.54 Å². The van der Waals surface area contributed by atoms with Crippen molar-refractivity contribution in [2.45, 2.75) is 60.5 Å². The highest BCUT2D eigenvalue weighted by molar-refractivity contribution is 6.12. The molecule has 51 heavy (non-hydrogen) atoms. The summed E-state index contributed by atoms with van der Waals surface area (Å²) in [6.07, 6.45) is 2.42. The van der Waals surface area contributed by atoms with E-state index in [9.17, 15) is 0 Å². The van der Waals surface area contributed by atoms with Gasteiger partial charge in [-0.3, -0.25) is 0 Å². The molecule has 1 aliphatic heterocycles. The topological polar surface area (TPSA) is 4.44 Å². The molecule has 9 rings (SSSR count). The Morgan fingerprint density at radius 1 is 0.431 bits per heavy atom. The zero-order valence-electron chi connectivity index (χ0n) is 30.9. The SMILES string of the molecule is CC.CC.CCCC[NH+]1Cc2c(-c3ccc4ccccc4c3)cc3ccccc3c2-c2c(c(-c3ccc4ccccc4c3)cc3ccccc23)C1. The number of nitrogens with one attached hydrogen (secondary N) is 1. The lowest BCUT2D eigenvalue weighted by atomic mass is 9.82. The van der Waals surface area contributed by atoms with E-state index in [2.05, 4.69) is 153 Å². The predicted molar refractivity (Wildman–Crippen MR) is 224 cm³/mol. The Bertz CT molecular complexity index is 2300. The molecule has 1 heterocycles. The van der Waals surface area contributed by atoms with Gasteiger partial charge in [0.1, 0.15) is 13.1 Å². The Hall–Kier alpha value is -5.24. The van der Waals surface area contributed by atoms with E-state index in [0.29, 0.717) is 0 Å². The maximum absolute atomic E-state index is 2.47. The lowest BCUT2D eigenvalue weighted by Crippen LogP contribution is -3.09. The second-order valence-corrected chi connectivity index (χ2v) is 13.3. The fraction of sp³-hybridized carbons (Fsp3) is 0.200. The van der Waals surface area contributed by atoms with E-state index < -0.39 is 0 Å². The molecular weight excluding hydrogens is 615 g/mol. The summed E-state index contributed by atoms with van der Waals surface area (Å²) in [5.74, 6) is 0. The molecule has 8 aromatic carbocycles. The van der Waals surface area contributed by atoms with Gasteiger partial charge in [-0.2, -0.15) is 0 Å². The number of benzene rings is 8. The molecule has 0 saturated heterocycles. The minimum atomic E-state index is 1.00. The van der Waals surface area contributed by atoms with Crippen LogP contribution >= 0.6 is 0 Å². The molecule has 0 atom stereocenters. The van der Waals surface area contributed by atoms with Crippen molar-refractivity contribution in [3.63, 3.8) is 0 Å². The molecule has 1 heteroatoms. The summed E-state index contributed by atoms with van der Waals surface area (Å²) in [5.41, 5.74) is 11.1. The van der Waals surface area contributed by atoms with Crippen molar-refractivity contribution in [2.75, 3.05) is 6.54 Å². The Labute approximate surface area is 304 Å². The van der Waals surface area contributed by atoms with Crippen LogP contribution in [0.15, 0.2) is 146 Å². The van der Waals surface area contributed by atoms with Gasteiger partial charge in [0.25, 0.3) is 0 Å². The number of quaternary nitrogens is 1. The summed E-state index contributed by atoms with van der Waals surface area (Å²) in [7, 11) is 0. The van der Waals surface area contributed by atoms with Gasteiger partial charge >= 0.3 is 0 Å². The van der Waals surface area contributed by atoms with Gasteiger partial charge in [-0.05, 0) is 96.0 Å². The monoisotopic (exact) mass is 664 g/mol. The van der Waals surface area contributed by atoms with E-state index in [1.165, 1.54) is 100 Å². The summed E-state index contributed by atoms with van der Waals surface area (Å²) < 4.78 is 0. The molecule has 0 spiro atoms. The Balaban J connectivity index is 0.000000983. The molecule has 254 valence electrons. The smallest absolute Gasteiger partial charge is 0.104 e. The molecule has 0 unspecified atom stereocenters. The van der Waals surface area contributed by atoms with Crippen LogP contribution in [-0.2, 0) is 13.1 Å². The summed E-state index contributed by atoms with van der Waals surface area (Å²) in [6, 6.07) is 54.7. The predicted octanol–water partition coefficient (Wildman–Crippen LogP) is 13.1. The van der Waals surface area contributed by atoms with Crippen LogP contribution in [0, 0.1) is 0 Å². The standard InChI is InChI=1S/C46H37N.2C2H6/c1-2-3-24-47-29-43-41(37-22-20-31-12-4-6-14-33(31)25-37)27-35-16-8-10-18-39(35)45(43)46-40-19-11-9-17-36(40)28-42(44(46)30-47)38-23-21-32-13-5-7-15-34(32)26-38;2*1-2/h4-23,25-28H,2-3,24,29-30H2,1H3;2*1-2H3/p+1. The van der Waals surface area contributed by atoms with Crippen molar-refractivity contribution in [1.29, 1.82) is 0 Å². The molecule has 0 bridgehead atoms. The van der Waals surface area contributed by atoms with Crippen molar-refractivity contribution in [3.8, 4) is 33.4 Å². The van der Waals surface area contributed by atoms with Gasteiger partial charge in [-0.1, -0.05) is 162 Å². The molecule has 1 nitrogen and oxygen atoms in total. The summed E-state index contributed by atoms with van der Waals surface area (Å²) in [5, 5.41) is 10.5. The number of fused-ring (bicyclic) bond motifs is 9. The van der Waals surface area contributed by atoms with Crippen LogP contribution in [0.4, 0.5) is 0 Å². The summed E-state index contributed by atoms with van der Waals surface area (Å²) >= 11 is 0. The van der Waals surface area contributed by atoms with E-state index in [1.807, 2.05) is 27.7 Å². The zero-order chi connectivity index (χ0) is 35.3. The third-order valence-corrected chi connectivity index (χ3v) is 10.4. The van der Waals surface area contributed by atoms with Gasteiger partial charge in [0.05, 0.1) is 6.54 Å². The van der Waals surface area contributed by atoms with E-state index in [0.717, 1.165) is 19.6 Å². The van der Waals surface area contributed by atoms with Crippen molar-refractivity contribution < 1.29 is 4.90 Å². The first kappa shape index (κ1) is 34.2. The average molecular weight is 665 g/mol. The van der Waals surface area contributed by atoms with Crippen LogP contribution in [0.3, 0.4) is 0 Å². The molecule has 0 radical (unpaired) electrons. The fourth-order valence-corrected chi connectivity index (χ4v) is 8.11. The quantitative estimate of drug-likeness (QED) is 0.187. The second-order valence-electron chi connectivity index (χ2n) is 13.3. The van der Waals surface area contributed by atoms with Gasteiger partial charge < -0.3 is 4.90 Å². The zero-order valence-corrected chi connectivity index (χ0v) is 30.9. The maximum atomic E-state index is 2.47. The fourth-order valence-electron chi connectivity index (χ4n) is 8.11. The minimum absolute atomic E-state index is 1.00. The first-order valence-corrected chi connectivity index (χ1v) is 19.2. The maximum Gasteiger partial charge on any atom is 0.104 e. The molecule has 0 aromatic heterocycles. The third kappa shape index (κ3) is 6.44. The van der Waals surface area contributed by atoms with Crippen LogP contribution < -0.4 is 4.90 Å². The van der Waals surface area contributed by atoms with Gasteiger partial charge in [0.15, 0.2) is 0 Å². The highest BCUT2D eigenvalue weighted by atomic mass is 15.1. The largest absolute Gasteiger partial charge is 0.327 e. The van der Waals surface area contributed by atoms with Crippen molar-refractivity contribution in [3.05, 3.63) is 157 Å². The highest BCUT2D eigenvalue weighted by Crippen LogP contribution is 2.47. The average Bonchev–Trinajstić information content (AvgIpc) is 3.38. The van der Waals surface area contributed by atoms with E-state index in [4.69, 9.17) is 0 Å². The molecule has 8 aromatic rings. The third-order valence-electron chi connectivity index (χ3n) is 10.4. The molecular formula is C50H50N+. The number of hydrogen-bond acceptors (Lipinski definition) is 0. The first-order chi connectivity index (χ1) is 25.2. The lowest BCUT2D eigenvalue weighted by Gasteiger charge is -2.21. The van der Waals surface area contributed by atoms with Crippen LogP contribution in [0.5, 0.6) is 0 Å². The van der Waals surface area contributed by atoms with Crippen LogP contribution in [0.1, 0.15) is 58.6 Å². The Morgan fingerprint density at radius 3 is 1.25 bits per heavy atom. The Morgan fingerprint density at radius 2 is 0.824 bits per heavy atom. The molecule has 0 amide bonds. The second kappa shape index (κ2) is 15.3. The molecule has 0 fully saturated rings. The van der Waals surface area contributed by atoms with Gasteiger partial charge in [-0.25, -0.2) is 0 Å². The molecule has 1 aliphatic rings. The Kier molecular flexibility index (Phi) is 10.3. The van der Waals surface area contributed by atoms with Crippen molar-refractivity contribution in [2.24, 2.45) is 0 Å². The van der Waals surface area contributed by atoms with Gasteiger partial charge in [0.2, 0.25) is 0 Å². The van der Waals surface area contributed by atoms with E-state index >= 15 is 0 Å². The van der Waals surface area contributed by atoms with Crippen molar-refractivity contribution >= 4 is 43.1 Å². The van der Waals surface area contributed by atoms with E-state index in [1.54, 1.807) is 4.90 Å². The van der Waals surface area contributed by atoms with Crippen molar-refractivity contribution in [1.82, 2.24) is 0 Å². The number of rotatable bonds is 5. The summed E-state index contributed by atoms with van der Waals surface area (Å²) in [6.45, 7) is 13.5.